The number of nitrogens with one attached hydrogen (secondary N) is 1. The molecule has 4 rings (SSSR count). The molecule has 0 unspecified atom stereocenters. The predicted molar refractivity (Wildman–Crippen MR) is 130 cm³/mol. The van der Waals surface area contributed by atoms with Gasteiger partial charge in [0.25, 0.3) is 5.91 Å². The summed E-state index contributed by atoms with van der Waals surface area (Å²) in [5.41, 5.74) is 1.72. The number of nitrogens with zero attached hydrogens (tertiary/aromatic N) is 4. The Labute approximate surface area is 196 Å². The highest BCUT2D eigenvalue weighted by molar-refractivity contribution is 6.31. The number of carbonyl (C=O) groups is 1. The second-order valence-electron chi connectivity index (χ2n) is 8.72. The van der Waals surface area contributed by atoms with Crippen LogP contribution in [0.4, 0.5) is 5.82 Å². The molecule has 1 aromatic carbocycles. The smallest absolute Gasteiger partial charge is 0.269 e. The van der Waals surface area contributed by atoms with Gasteiger partial charge in [-0.2, -0.15) is 0 Å². The van der Waals surface area contributed by atoms with E-state index in [9.17, 15) is 4.79 Å². The van der Waals surface area contributed by atoms with Crippen LogP contribution in [0.1, 0.15) is 42.2 Å². The average Bonchev–Trinajstić information content (AvgIpc) is 3.08. The number of hydrogen-bond acceptors (Lipinski definition) is 5. The number of anilines is 1. The fraction of sp³-hybridized carbons (Fsp3) is 0.520. The van der Waals surface area contributed by atoms with Crippen LogP contribution in [0, 0.1) is 0 Å². The lowest BCUT2D eigenvalue weighted by Gasteiger charge is -2.38. The molecule has 2 aliphatic heterocycles. The lowest BCUT2D eigenvalue weighted by Crippen LogP contribution is -2.46. The third-order valence-electron chi connectivity index (χ3n) is 6.58. The van der Waals surface area contributed by atoms with Crippen molar-refractivity contribution in [2.45, 2.75) is 38.8 Å². The van der Waals surface area contributed by atoms with Gasteiger partial charge in [-0.25, -0.2) is 4.98 Å². The van der Waals surface area contributed by atoms with E-state index >= 15 is 0 Å². The lowest BCUT2D eigenvalue weighted by molar-refractivity contribution is 0.0951. The molecular formula is C25H34ClN5O. The first-order valence-corrected chi connectivity index (χ1v) is 12.2. The van der Waals surface area contributed by atoms with Gasteiger partial charge in [-0.15, -0.1) is 0 Å². The normalized spacial score (nSPS) is 19.0. The summed E-state index contributed by atoms with van der Waals surface area (Å²) in [5, 5.41) is 3.70. The van der Waals surface area contributed by atoms with Gasteiger partial charge < -0.3 is 10.2 Å². The molecule has 2 aromatic rings. The Balaban J connectivity index is 1.29. The van der Waals surface area contributed by atoms with Gasteiger partial charge >= 0.3 is 0 Å². The molecule has 0 bridgehead atoms. The maximum Gasteiger partial charge on any atom is 0.269 e. The second-order valence-corrected chi connectivity index (χ2v) is 9.12. The Kier molecular flexibility index (Phi) is 8.00. The minimum atomic E-state index is -0.102. The van der Waals surface area contributed by atoms with Crippen LogP contribution in [-0.4, -0.2) is 72.5 Å². The van der Waals surface area contributed by atoms with Crippen molar-refractivity contribution >= 4 is 23.3 Å². The van der Waals surface area contributed by atoms with E-state index in [0.717, 1.165) is 63.1 Å². The van der Waals surface area contributed by atoms with Gasteiger partial charge in [0.2, 0.25) is 0 Å². The van der Waals surface area contributed by atoms with Crippen LogP contribution in [0.25, 0.3) is 0 Å². The Hall–Kier alpha value is -2.15. The first kappa shape index (κ1) is 23.0. The predicted octanol–water partition coefficient (Wildman–Crippen LogP) is 3.66. The first-order valence-electron chi connectivity index (χ1n) is 11.8. The largest absolute Gasteiger partial charge is 0.355 e. The van der Waals surface area contributed by atoms with E-state index in [0.29, 0.717) is 18.3 Å². The molecule has 6 nitrogen and oxygen atoms in total. The standard InChI is InChI=1S/C25H34ClN5O/c1-2-27-25(32)23-9-5-10-24(28-23)31-14-6-13-30(17-18-31)21-11-15-29(16-12-21)19-20-7-3-4-8-22(20)26/h3-5,7-10,21H,2,6,11-19H2,1H3,(H,27,32). The average molecular weight is 456 g/mol. The Morgan fingerprint density at radius 3 is 2.62 bits per heavy atom. The van der Waals surface area contributed by atoms with E-state index in [-0.39, 0.29) is 5.91 Å². The quantitative estimate of drug-likeness (QED) is 0.720. The highest BCUT2D eigenvalue weighted by Crippen LogP contribution is 2.23. The zero-order valence-corrected chi connectivity index (χ0v) is 19.7. The summed E-state index contributed by atoms with van der Waals surface area (Å²) < 4.78 is 0. The maximum atomic E-state index is 12.2. The summed E-state index contributed by atoms with van der Waals surface area (Å²) in [6.45, 7) is 9.81. The Morgan fingerprint density at radius 2 is 1.84 bits per heavy atom. The highest BCUT2D eigenvalue weighted by Gasteiger charge is 2.27. The van der Waals surface area contributed by atoms with Gasteiger partial charge in [0.1, 0.15) is 11.5 Å². The van der Waals surface area contributed by atoms with Gasteiger partial charge in [-0.3, -0.25) is 14.6 Å². The zero-order valence-electron chi connectivity index (χ0n) is 19.0. The van der Waals surface area contributed by atoms with Crippen molar-refractivity contribution in [2.24, 2.45) is 0 Å². The van der Waals surface area contributed by atoms with E-state index in [1.54, 1.807) is 6.07 Å². The number of pyridine rings is 1. The third-order valence-corrected chi connectivity index (χ3v) is 6.95. The summed E-state index contributed by atoms with van der Waals surface area (Å²) in [6, 6.07) is 14.6. The highest BCUT2D eigenvalue weighted by atomic mass is 35.5. The summed E-state index contributed by atoms with van der Waals surface area (Å²) in [6.07, 6.45) is 3.53. The molecule has 1 aromatic heterocycles. The summed E-state index contributed by atoms with van der Waals surface area (Å²) in [5.74, 6) is 0.805. The van der Waals surface area contributed by atoms with Gasteiger partial charge in [0.05, 0.1) is 0 Å². The number of amides is 1. The maximum absolute atomic E-state index is 12.2. The number of benzene rings is 1. The van der Waals surface area contributed by atoms with E-state index in [1.807, 2.05) is 31.2 Å². The van der Waals surface area contributed by atoms with Gasteiger partial charge in [0, 0.05) is 50.3 Å². The SMILES string of the molecule is CCNC(=O)c1cccc(N2CCCN(C3CCN(Cc4ccccc4Cl)CC3)CC2)n1. The molecule has 0 atom stereocenters. The van der Waals surface area contributed by atoms with Gasteiger partial charge in [-0.05, 0) is 63.0 Å². The van der Waals surface area contributed by atoms with Crippen LogP contribution in [0.15, 0.2) is 42.5 Å². The topological polar surface area (TPSA) is 51.7 Å². The number of aromatic nitrogens is 1. The fourth-order valence-electron chi connectivity index (χ4n) is 4.82. The van der Waals surface area contributed by atoms with Crippen molar-refractivity contribution in [1.29, 1.82) is 0 Å². The number of hydrogen-bond donors (Lipinski definition) is 1. The number of piperidine rings is 1. The van der Waals surface area contributed by atoms with Crippen LogP contribution in [0.5, 0.6) is 0 Å². The zero-order chi connectivity index (χ0) is 22.3. The number of carbonyl (C=O) groups excluding carboxylic acids is 1. The van der Waals surface area contributed by atoms with Crippen molar-refractivity contribution in [3.05, 3.63) is 58.7 Å². The van der Waals surface area contributed by atoms with E-state index in [1.165, 1.54) is 18.4 Å². The van der Waals surface area contributed by atoms with E-state index in [4.69, 9.17) is 11.6 Å². The fourth-order valence-corrected chi connectivity index (χ4v) is 5.01. The van der Waals surface area contributed by atoms with Crippen LogP contribution in [0.2, 0.25) is 5.02 Å². The Bertz CT molecular complexity index is 899. The summed E-state index contributed by atoms with van der Waals surface area (Å²) >= 11 is 6.35. The minimum Gasteiger partial charge on any atom is -0.355 e. The molecule has 3 heterocycles. The number of likely N-dealkylation sites (tertiary alicyclic amines) is 1. The van der Waals surface area contributed by atoms with Crippen molar-refractivity contribution in [3.63, 3.8) is 0 Å². The monoisotopic (exact) mass is 455 g/mol. The number of rotatable bonds is 6. The molecule has 0 aliphatic carbocycles. The molecule has 2 fully saturated rings. The Morgan fingerprint density at radius 1 is 1.03 bits per heavy atom. The van der Waals surface area contributed by atoms with Crippen molar-refractivity contribution in [3.8, 4) is 0 Å². The first-order chi connectivity index (χ1) is 15.6. The van der Waals surface area contributed by atoms with Crippen molar-refractivity contribution in [1.82, 2.24) is 20.1 Å². The van der Waals surface area contributed by atoms with Crippen LogP contribution >= 0.6 is 11.6 Å². The van der Waals surface area contributed by atoms with Crippen LogP contribution in [0.3, 0.4) is 0 Å². The van der Waals surface area contributed by atoms with Crippen LogP contribution < -0.4 is 10.2 Å². The molecule has 1 N–H and O–H groups in total. The molecule has 0 spiro atoms. The lowest BCUT2D eigenvalue weighted by atomic mass is 10.0. The molecule has 1 amide bonds. The molecule has 2 saturated heterocycles. The molecule has 32 heavy (non-hydrogen) atoms. The molecule has 0 saturated carbocycles. The van der Waals surface area contributed by atoms with Crippen LogP contribution in [-0.2, 0) is 6.54 Å². The molecule has 7 heteroatoms. The molecular weight excluding hydrogens is 422 g/mol. The third kappa shape index (κ3) is 5.80. The van der Waals surface area contributed by atoms with E-state index in [2.05, 4.69) is 37.1 Å². The van der Waals surface area contributed by atoms with Crippen molar-refractivity contribution < 1.29 is 4.79 Å². The number of halogens is 1. The molecule has 0 radical (unpaired) electrons. The molecule has 2 aliphatic rings. The summed E-state index contributed by atoms with van der Waals surface area (Å²) in [7, 11) is 0. The summed E-state index contributed by atoms with van der Waals surface area (Å²) in [4.78, 5) is 24.3. The van der Waals surface area contributed by atoms with Crippen molar-refractivity contribution in [2.75, 3.05) is 50.7 Å². The second kappa shape index (κ2) is 11.1. The van der Waals surface area contributed by atoms with E-state index < -0.39 is 0 Å². The minimum absolute atomic E-state index is 0.102. The molecule has 172 valence electrons. The van der Waals surface area contributed by atoms with Gasteiger partial charge in [0.15, 0.2) is 0 Å². The van der Waals surface area contributed by atoms with Gasteiger partial charge in [-0.1, -0.05) is 35.9 Å².